The molecular formula is C18H16F6LiO4P. The van der Waals surface area contributed by atoms with Gasteiger partial charge in [0.05, 0.1) is 37.8 Å². The first-order valence-corrected chi connectivity index (χ1v) is 8.82. The second-order valence-electron chi connectivity index (χ2n) is 5.58. The van der Waals surface area contributed by atoms with E-state index >= 15 is 0 Å². The number of benzene rings is 2. The van der Waals surface area contributed by atoms with E-state index in [1.54, 1.807) is 0 Å². The van der Waals surface area contributed by atoms with Gasteiger partial charge in [-0.15, -0.1) is 0 Å². The maximum absolute atomic E-state index is 13.3. The molecule has 4 nitrogen and oxygen atoms in total. The predicted octanol–water partition coefficient (Wildman–Crippen LogP) is 4.25. The molecule has 160 valence electrons. The number of carbonyl (C=O) groups excluding carboxylic acids is 1. The molecule has 0 aliphatic heterocycles. The van der Waals surface area contributed by atoms with E-state index in [9.17, 15) is 31.1 Å². The third-order valence-corrected chi connectivity index (χ3v) is 5.08. The van der Waals surface area contributed by atoms with Crippen LogP contribution in [0, 0.1) is 0 Å². The molecule has 0 bridgehead atoms. The van der Waals surface area contributed by atoms with Gasteiger partial charge < -0.3 is 14.2 Å². The zero-order chi connectivity index (χ0) is 22.0. The quantitative estimate of drug-likeness (QED) is 0.377. The van der Waals surface area contributed by atoms with Crippen molar-refractivity contribution in [2.24, 2.45) is 0 Å². The molecule has 2 aromatic carbocycles. The van der Waals surface area contributed by atoms with Crippen LogP contribution in [0.5, 0.6) is 17.2 Å². The molecule has 0 radical (unpaired) electrons. The van der Waals surface area contributed by atoms with Crippen LogP contribution in [0.3, 0.4) is 0 Å². The van der Waals surface area contributed by atoms with Crippen molar-refractivity contribution in [3.05, 3.63) is 47.0 Å². The SMILES string of the molecule is COc1cc(OC)c(PC(=O)c2c(C(F)(F)F)cccc2C(F)(F)F)c(OC)c1.[LiH]. The topological polar surface area (TPSA) is 44.8 Å². The molecule has 1 atom stereocenters. The van der Waals surface area contributed by atoms with Gasteiger partial charge in [-0.1, -0.05) is 6.07 Å². The van der Waals surface area contributed by atoms with E-state index in [1.807, 2.05) is 0 Å². The number of methoxy groups -OCH3 is 3. The molecule has 0 aliphatic carbocycles. The van der Waals surface area contributed by atoms with E-state index in [2.05, 4.69) is 0 Å². The van der Waals surface area contributed by atoms with Gasteiger partial charge in [-0.05, 0) is 20.7 Å². The minimum atomic E-state index is -5.15. The molecule has 30 heavy (non-hydrogen) atoms. The second kappa shape index (κ2) is 9.95. The molecule has 0 aliphatic rings. The average Bonchev–Trinajstić information content (AvgIpc) is 2.65. The van der Waals surface area contributed by atoms with Gasteiger partial charge in [-0.25, -0.2) is 0 Å². The van der Waals surface area contributed by atoms with Gasteiger partial charge in [-0.3, -0.25) is 4.79 Å². The Balaban J connectivity index is 0.00000450. The molecule has 0 fully saturated rings. The molecule has 2 aromatic rings. The van der Waals surface area contributed by atoms with E-state index in [-0.39, 0.29) is 41.4 Å². The molecule has 0 spiro atoms. The summed E-state index contributed by atoms with van der Waals surface area (Å²) in [4.78, 5) is 12.7. The van der Waals surface area contributed by atoms with Gasteiger partial charge in [-0.2, -0.15) is 26.3 Å². The maximum atomic E-state index is 13.3. The van der Waals surface area contributed by atoms with Crippen molar-refractivity contribution in [1.29, 1.82) is 0 Å². The Kier molecular flexibility index (Phi) is 8.67. The van der Waals surface area contributed by atoms with Crippen LogP contribution in [0.1, 0.15) is 21.5 Å². The molecular weight excluding hydrogens is 432 g/mol. The monoisotopic (exact) mass is 448 g/mol. The Labute approximate surface area is 181 Å². The summed E-state index contributed by atoms with van der Waals surface area (Å²) in [5.74, 6) is 0.336. The first kappa shape index (κ1) is 26.2. The van der Waals surface area contributed by atoms with Crippen molar-refractivity contribution < 1.29 is 45.3 Å². The van der Waals surface area contributed by atoms with Crippen LogP contribution in [0.4, 0.5) is 26.3 Å². The zero-order valence-electron chi connectivity index (χ0n) is 15.3. The summed E-state index contributed by atoms with van der Waals surface area (Å²) in [5, 5.41) is 0.0194. The normalized spacial score (nSPS) is 11.9. The van der Waals surface area contributed by atoms with Crippen molar-refractivity contribution in [2.45, 2.75) is 12.4 Å². The van der Waals surface area contributed by atoms with E-state index in [4.69, 9.17) is 14.2 Å². The molecule has 0 aromatic heterocycles. The Morgan fingerprint density at radius 2 is 1.27 bits per heavy atom. The molecule has 0 saturated heterocycles. The number of ether oxygens (including phenoxy) is 3. The Morgan fingerprint density at radius 1 is 0.833 bits per heavy atom. The van der Waals surface area contributed by atoms with E-state index in [1.165, 1.54) is 33.5 Å². The Bertz CT molecular complexity index is 857. The van der Waals surface area contributed by atoms with Crippen LogP contribution in [-0.4, -0.2) is 45.7 Å². The number of alkyl halides is 6. The summed E-state index contributed by atoms with van der Waals surface area (Å²) < 4.78 is 95.2. The Morgan fingerprint density at radius 3 is 1.60 bits per heavy atom. The van der Waals surface area contributed by atoms with Crippen LogP contribution in [0.15, 0.2) is 30.3 Å². The summed E-state index contributed by atoms with van der Waals surface area (Å²) in [6, 6.07) is 4.18. The summed E-state index contributed by atoms with van der Waals surface area (Å²) in [5.41, 5.74) is -6.11. The van der Waals surface area contributed by atoms with Gasteiger partial charge in [0.25, 0.3) is 0 Å². The van der Waals surface area contributed by atoms with E-state index in [0.29, 0.717) is 18.2 Å². The van der Waals surface area contributed by atoms with Crippen molar-refractivity contribution in [2.75, 3.05) is 21.3 Å². The van der Waals surface area contributed by atoms with Crippen LogP contribution < -0.4 is 19.5 Å². The second-order valence-corrected chi connectivity index (χ2v) is 6.79. The van der Waals surface area contributed by atoms with E-state index < -0.39 is 43.1 Å². The van der Waals surface area contributed by atoms with Crippen LogP contribution in [0.2, 0.25) is 0 Å². The Hall–Kier alpha value is -1.88. The fourth-order valence-electron chi connectivity index (χ4n) is 2.57. The third-order valence-electron chi connectivity index (χ3n) is 3.86. The summed E-state index contributed by atoms with van der Waals surface area (Å²) in [7, 11) is 2.68. The molecule has 0 saturated carbocycles. The van der Waals surface area contributed by atoms with Crippen molar-refractivity contribution >= 4 is 38.3 Å². The van der Waals surface area contributed by atoms with Gasteiger partial charge in [0.15, 0.2) is 5.52 Å². The van der Waals surface area contributed by atoms with Gasteiger partial charge >= 0.3 is 31.2 Å². The van der Waals surface area contributed by atoms with Gasteiger partial charge in [0.1, 0.15) is 17.2 Å². The molecule has 0 amide bonds. The summed E-state index contributed by atoms with van der Waals surface area (Å²) >= 11 is 0. The summed E-state index contributed by atoms with van der Waals surface area (Å²) in [6.45, 7) is 0. The first-order valence-electron chi connectivity index (χ1n) is 7.82. The van der Waals surface area contributed by atoms with Crippen molar-refractivity contribution in [1.82, 2.24) is 0 Å². The minimum absolute atomic E-state index is 0. The molecule has 2 rings (SSSR count). The van der Waals surface area contributed by atoms with Gasteiger partial charge in [0, 0.05) is 17.7 Å². The first-order chi connectivity index (χ1) is 13.4. The molecule has 12 heteroatoms. The number of hydrogen-bond acceptors (Lipinski definition) is 4. The van der Waals surface area contributed by atoms with Gasteiger partial charge in [0.2, 0.25) is 0 Å². The van der Waals surface area contributed by atoms with Crippen molar-refractivity contribution in [3.8, 4) is 17.2 Å². The number of halogens is 6. The third kappa shape index (κ3) is 5.63. The van der Waals surface area contributed by atoms with Crippen molar-refractivity contribution in [3.63, 3.8) is 0 Å². The fraction of sp³-hybridized carbons (Fsp3) is 0.278. The van der Waals surface area contributed by atoms with Crippen LogP contribution >= 0.6 is 8.58 Å². The number of hydrogen-bond donors (Lipinski definition) is 0. The fourth-order valence-corrected chi connectivity index (χ4v) is 3.79. The summed E-state index contributed by atoms with van der Waals surface area (Å²) in [6.07, 6.45) is -10.3. The predicted molar refractivity (Wildman–Crippen MR) is 102 cm³/mol. The standard InChI is InChI=1S/C18H15F6O4P.Li.H/c1-26-9-7-12(27-2)15(13(8-9)28-3)29-16(25)14-10(17(19,20)21)5-4-6-11(14)18(22,23)24;;/h4-8,29H,1-3H3;;. The number of rotatable bonds is 6. The average molecular weight is 448 g/mol. The molecule has 0 heterocycles. The van der Waals surface area contributed by atoms with Crippen LogP contribution in [-0.2, 0) is 12.4 Å². The van der Waals surface area contributed by atoms with E-state index in [0.717, 1.165) is 0 Å². The molecule has 0 N–H and O–H groups in total. The van der Waals surface area contributed by atoms with Crippen LogP contribution in [0.25, 0.3) is 0 Å². The number of carbonyl (C=O) groups is 1. The zero-order valence-corrected chi connectivity index (χ0v) is 16.3. The molecule has 1 unspecified atom stereocenters.